The normalized spacial score (nSPS) is 14.7. The predicted octanol–water partition coefficient (Wildman–Crippen LogP) is -0.369. The fourth-order valence-electron chi connectivity index (χ4n) is 3.12. The van der Waals surface area contributed by atoms with Crippen LogP contribution in [0.2, 0.25) is 0 Å². The number of rotatable bonds is 5. The molecule has 0 aliphatic carbocycles. The smallest absolute Gasteiger partial charge is 0.339 e. The van der Waals surface area contributed by atoms with Crippen LogP contribution in [-0.4, -0.2) is 51.7 Å². The zero-order chi connectivity index (χ0) is 18.4. The number of hydrogen-bond acceptors (Lipinski definition) is 4. The quantitative estimate of drug-likeness (QED) is 0.717. The average molecular weight is 356 g/mol. The molecule has 0 atom stereocenters. The van der Waals surface area contributed by atoms with Crippen LogP contribution in [0.15, 0.2) is 48.7 Å². The summed E-state index contributed by atoms with van der Waals surface area (Å²) in [4.78, 5) is 30.9. The third-order valence-corrected chi connectivity index (χ3v) is 4.52. The fraction of sp³-hybridized carbons (Fsp3) is 0.316. The zero-order valence-electron chi connectivity index (χ0n) is 14.8. The molecule has 3 rings (SSSR count). The van der Waals surface area contributed by atoms with E-state index in [1.807, 2.05) is 18.3 Å². The summed E-state index contributed by atoms with van der Waals surface area (Å²) in [5.74, 6) is 0.542. The molecule has 1 fully saturated rings. The monoisotopic (exact) mass is 356 g/mol. The zero-order valence-corrected chi connectivity index (χ0v) is 14.8. The van der Waals surface area contributed by atoms with Crippen LogP contribution < -0.4 is 20.1 Å². The van der Waals surface area contributed by atoms with E-state index in [0.717, 1.165) is 32.0 Å². The fourth-order valence-corrected chi connectivity index (χ4v) is 3.12. The highest BCUT2D eigenvalue weighted by molar-refractivity contribution is 6.01. The van der Waals surface area contributed by atoms with Gasteiger partial charge in [0.2, 0.25) is 0 Å². The first-order valence-corrected chi connectivity index (χ1v) is 8.70. The number of nitrogens with one attached hydrogen (secondary N) is 3. The van der Waals surface area contributed by atoms with Gasteiger partial charge in [0.05, 0.1) is 24.6 Å². The van der Waals surface area contributed by atoms with Crippen molar-refractivity contribution in [3.05, 3.63) is 54.2 Å². The van der Waals surface area contributed by atoms with Crippen molar-refractivity contribution in [2.24, 2.45) is 0 Å². The Kier molecular flexibility index (Phi) is 5.80. The standard InChI is InChI=1S/C19H22N4O3/c1-26-19(25)15-6-2-3-7-16(15)21-18(24)14-22-10-12-23(13-11-22)17-8-4-5-9-20-17/h2-9H,10-14H2,1H3,(H,21,24)/p+2. The molecule has 0 unspecified atom stereocenters. The van der Waals surface area contributed by atoms with Crippen molar-refractivity contribution < 1.29 is 24.2 Å². The molecule has 2 heterocycles. The number of nitrogens with zero attached hydrogens (tertiary/aromatic N) is 1. The first kappa shape index (κ1) is 17.9. The number of aromatic nitrogens is 1. The molecule has 3 N–H and O–H groups in total. The predicted molar refractivity (Wildman–Crippen MR) is 97.2 cm³/mol. The van der Waals surface area contributed by atoms with Gasteiger partial charge >= 0.3 is 5.97 Å². The van der Waals surface area contributed by atoms with Crippen LogP contribution in [0.1, 0.15) is 10.4 Å². The van der Waals surface area contributed by atoms with E-state index in [1.165, 1.54) is 12.0 Å². The summed E-state index contributed by atoms with van der Waals surface area (Å²) in [5, 5.41) is 2.84. The van der Waals surface area contributed by atoms with E-state index in [-0.39, 0.29) is 5.91 Å². The van der Waals surface area contributed by atoms with Gasteiger partial charge in [-0.05, 0) is 18.2 Å². The van der Waals surface area contributed by atoms with Gasteiger partial charge < -0.3 is 15.0 Å². The van der Waals surface area contributed by atoms with Crippen LogP contribution in [0.5, 0.6) is 0 Å². The van der Waals surface area contributed by atoms with Gasteiger partial charge in [0.25, 0.3) is 11.7 Å². The number of carbonyl (C=O) groups excluding carboxylic acids is 2. The number of benzene rings is 1. The average Bonchev–Trinajstić information content (AvgIpc) is 2.69. The Balaban J connectivity index is 1.53. The first-order valence-electron chi connectivity index (χ1n) is 8.70. The summed E-state index contributed by atoms with van der Waals surface area (Å²) in [6, 6.07) is 12.9. The molecule has 1 saturated heterocycles. The maximum atomic E-state index is 12.4. The van der Waals surface area contributed by atoms with Gasteiger partial charge in [-0.3, -0.25) is 9.69 Å². The van der Waals surface area contributed by atoms with Crippen molar-refractivity contribution in [1.29, 1.82) is 0 Å². The number of hydrogen-bond donors (Lipinski definition) is 2. The molecule has 1 aliphatic heterocycles. The molecule has 1 aromatic heterocycles. The Labute approximate surface area is 152 Å². The minimum Gasteiger partial charge on any atom is -0.465 e. The van der Waals surface area contributed by atoms with E-state index in [1.54, 1.807) is 24.3 Å². The van der Waals surface area contributed by atoms with Crippen LogP contribution in [0.3, 0.4) is 0 Å². The summed E-state index contributed by atoms with van der Waals surface area (Å²) < 4.78 is 4.76. The van der Waals surface area contributed by atoms with Crippen molar-refractivity contribution in [3.63, 3.8) is 0 Å². The lowest BCUT2D eigenvalue weighted by Crippen LogP contribution is -3.15. The number of methoxy groups -OCH3 is 1. The van der Waals surface area contributed by atoms with Crippen molar-refractivity contribution in [2.45, 2.75) is 0 Å². The molecule has 1 amide bonds. The minimum atomic E-state index is -0.457. The summed E-state index contributed by atoms with van der Waals surface area (Å²) in [6.07, 6.45) is 1.92. The molecule has 1 aliphatic rings. The lowest BCUT2D eigenvalue weighted by Gasteiger charge is -2.27. The number of para-hydroxylation sites is 1. The van der Waals surface area contributed by atoms with Crippen molar-refractivity contribution in [3.8, 4) is 0 Å². The van der Waals surface area contributed by atoms with E-state index in [2.05, 4.69) is 21.3 Å². The number of carbonyl (C=O) groups is 2. The van der Waals surface area contributed by atoms with Gasteiger partial charge in [-0.2, -0.15) is 0 Å². The second-order valence-electron chi connectivity index (χ2n) is 6.25. The summed E-state index contributed by atoms with van der Waals surface area (Å²) in [6.45, 7) is 3.93. The molecule has 1 aromatic carbocycles. The van der Waals surface area contributed by atoms with Gasteiger partial charge in [0, 0.05) is 6.07 Å². The van der Waals surface area contributed by atoms with Crippen LogP contribution in [-0.2, 0) is 9.53 Å². The van der Waals surface area contributed by atoms with Crippen LogP contribution in [0.4, 0.5) is 11.5 Å². The maximum Gasteiger partial charge on any atom is 0.339 e. The Hall–Kier alpha value is -2.93. The van der Waals surface area contributed by atoms with Crippen LogP contribution in [0.25, 0.3) is 0 Å². The third-order valence-electron chi connectivity index (χ3n) is 4.52. The molecule has 136 valence electrons. The SMILES string of the molecule is COC(=O)c1ccccc1NC(=O)C[NH+]1CCN(c2cccc[nH+]2)CC1. The number of esters is 1. The lowest BCUT2D eigenvalue weighted by molar-refractivity contribution is -0.892. The Bertz CT molecular complexity index is 758. The van der Waals surface area contributed by atoms with Crippen molar-refractivity contribution in [2.75, 3.05) is 50.1 Å². The topological polar surface area (TPSA) is 77.2 Å². The second-order valence-corrected chi connectivity index (χ2v) is 6.25. The Morgan fingerprint density at radius 1 is 1.15 bits per heavy atom. The van der Waals surface area contributed by atoms with E-state index in [9.17, 15) is 9.59 Å². The molecule has 0 bridgehead atoms. The molecule has 26 heavy (non-hydrogen) atoms. The first-order chi connectivity index (χ1) is 12.7. The summed E-state index contributed by atoms with van der Waals surface area (Å²) >= 11 is 0. The molecular formula is C19H24N4O3+2. The Morgan fingerprint density at radius 2 is 1.88 bits per heavy atom. The van der Waals surface area contributed by atoms with Crippen LogP contribution in [0, 0.1) is 0 Å². The number of piperazine rings is 1. The van der Waals surface area contributed by atoms with E-state index in [4.69, 9.17) is 4.74 Å². The molecule has 0 radical (unpaired) electrons. The number of H-pyrrole nitrogens is 1. The Morgan fingerprint density at radius 3 is 2.58 bits per heavy atom. The maximum absolute atomic E-state index is 12.4. The third kappa shape index (κ3) is 4.37. The highest BCUT2D eigenvalue weighted by Gasteiger charge is 2.27. The molecule has 2 aromatic rings. The lowest BCUT2D eigenvalue weighted by atomic mass is 10.2. The molecule has 7 nitrogen and oxygen atoms in total. The van der Waals surface area contributed by atoms with Gasteiger partial charge in [0.1, 0.15) is 26.2 Å². The van der Waals surface area contributed by atoms with Crippen LogP contribution >= 0.6 is 0 Å². The number of ether oxygens (including phenoxy) is 1. The molecule has 7 heteroatoms. The summed E-state index contributed by atoms with van der Waals surface area (Å²) in [7, 11) is 1.33. The summed E-state index contributed by atoms with van der Waals surface area (Å²) in [5.41, 5.74) is 0.851. The molecular weight excluding hydrogens is 332 g/mol. The largest absolute Gasteiger partial charge is 0.465 e. The minimum absolute atomic E-state index is 0.101. The van der Waals surface area contributed by atoms with Gasteiger partial charge in [-0.1, -0.05) is 18.2 Å². The number of amides is 1. The number of anilines is 2. The van der Waals surface area contributed by atoms with E-state index < -0.39 is 5.97 Å². The molecule has 0 spiro atoms. The number of aromatic amines is 1. The van der Waals surface area contributed by atoms with E-state index in [0.29, 0.717) is 17.8 Å². The number of quaternary nitrogens is 1. The van der Waals surface area contributed by atoms with E-state index >= 15 is 0 Å². The van der Waals surface area contributed by atoms with Crippen molar-refractivity contribution >= 4 is 23.4 Å². The highest BCUT2D eigenvalue weighted by Crippen LogP contribution is 2.15. The van der Waals surface area contributed by atoms with Gasteiger partial charge in [-0.15, -0.1) is 0 Å². The van der Waals surface area contributed by atoms with Crippen molar-refractivity contribution in [1.82, 2.24) is 0 Å². The van der Waals surface area contributed by atoms with Gasteiger partial charge in [-0.25, -0.2) is 9.78 Å². The second kappa shape index (κ2) is 8.44. The number of pyridine rings is 1. The molecule has 0 saturated carbocycles. The van der Waals surface area contributed by atoms with Gasteiger partial charge in [0.15, 0.2) is 6.54 Å². The highest BCUT2D eigenvalue weighted by atomic mass is 16.5.